The molecular weight excluding hydrogens is 463 g/mol. The van der Waals surface area contributed by atoms with Gasteiger partial charge in [-0.15, -0.1) is 7.92 Å². The molecule has 29 heavy (non-hydrogen) atoms. The third-order valence-corrected chi connectivity index (χ3v) is 7.38. The summed E-state index contributed by atoms with van der Waals surface area (Å²) in [6.07, 6.45) is 6.15. The lowest BCUT2D eigenvalue weighted by atomic mass is 10.1. The van der Waals surface area contributed by atoms with Crippen molar-refractivity contribution in [3.63, 3.8) is 0 Å². The van der Waals surface area contributed by atoms with Gasteiger partial charge in [-0.3, -0.25) is 0 Å². The minimum Gasteiger partial charge on any atom is -0.192 e. The molecule has 0 aromatic heterocycles. The van der Waals surface area contributed by atoms with Crippen LogP contribution in [0.3, 0.4) is 0 Å². The van der Waals surface area contributed by atoms with Crippen molar-refractivity contribution < 1.29 is 47.9 Å². The minimum atomic E-state index is -7.25. The van der Waals surface area contributed by atoms with Crippen LogP contribution in [0.25, 0.3) is 0 Å². The number of unbranched alkanes of at least 4 members (excludes halogenated alkanes) is 3. The Balaban J connectivity index is 0. The van der Waals surface area contributed by atoms with Crippen molar-refractivity contribution in [3.8, 4) is 0 Å². The van der Waals surface area contributed by atoms with Gasteiger partial charge in [-0.25, -0.2) is 0 Å². The lowest BCUT2D eigenvalue weighted by molar-refractivity contribution is -0.382. The van der Waals surface area contributed by atoms with Crippen LogP contribution in [0.1, 0.15) is 59.3 Å². The summed E-state index contributed by atoms with van der Waals surface area (Å²) >= 11 is 0. The predicted molar refractivity (Wildman–Crippen MR) is 96.3 cm³/mol. The molecule has 0 aliphatic carbocycles. The van der Waals surface area contributed by atoms with Crippen LogP contribution in [0, 0.1) is 0 Å². The largest absolute Gasteiger partial charge is 0.460 e. The first-order valence-electron chi connectivity index (χ1n) is 9.08. The molecule has 0 aliphatic heterocycles. The Labute approximate surface area is 166 Å². The molecule has 0 spiro atoms. The average molecular weight is 490 g/mol. The Morgan fingerprint density at radius 2 is 0.862 bits per heavy atom. The van der Waals surface area contributed by atoms with Gasteiger partial charge in [0.05, 0.1) is 0 Å². The predicted octanol–water partition coefficient (Wildman–Crippen LogP) is 9.53. The number of alkyl halides is 9. The normalized spacial score (nSPS) is 13.7. The number of halogens is 11. The molecule has 0 N–H and O–H groups in total. The first-order valence-corrected chi connectivity index (χ1v) is 12.1. The highest BCUT2D eigenvalue weighted by atomic mass is 31.2. The van der Waals surface area contributed by atoms with Crippen molar-refractivity contribution in [1.29, 1.82) is 0 Å². The van der Waals surface area contributed by atoms with Crippen molar-refractivity contribution in [1.82, 2.24) is 0 Å². The Morgan fingerprint density at radius 3 is 1.07 bits per heavy atom. The minimum absolute atomic E-state index is 0.422. The molecule has 0 aromatic rings. The molecule has 0 unspecified atom stereocenters. The summed E-state index contributed by atoms with van der Waals surface area (Å²) in [6.45, 7) is 6.94. The van der Waals surface area contributed by atoms with Crippen LogP contribution in [-0.2, 0) is 0 Å². The Kier molecular flexibility index (Phi) is 14.6. The second-order valence-corrected chi connectivity index (χ2v) is 10.0. The molecule has 0 amide bonds. The summed E-state index contributed by atoms with van der Waals surface area (Å²) in [4.78, 5) is 0. The maximum atomic E-state index is 12.0. The highest BCUT2D eigenvalue weighted by molar-refractivity contribution is 7.57. The number of rotatable bonds is 12. The van der Waals surface area contributed by atoms with Gasteiger partial charge in [-0.2, -0.15) is 47.9 Å². The molecule has 0 heterocycles. The van der Waals surface area contributed by atoms with Crippen molar-refractivity contribution >= 4 is 16.5 Å². The van der Waals surface area contributed by atoms with Gasteiger partial charge >= 0.3 is 32.2 Å². The third kappa shape index (κ3) is 9.40. The van der Waals surface area contributed by atoms with Crippen LogP contribution in [0.15, 0.2) is 0 Å². The molecule has 0 aliphatic rings. The molecule has 0 saturated heterocycles. The van der Waals surface area contributed by atoms with Gasteiger partial charge in [0.15, 0.2) is 0 Å². The van der Waals surface area contributed by atoms with E-state index in [-0.39, 0.29) is 0 Å². The summed E-state index contributed by atoms with van der Waals surface area (Å²) in [7, 11) is -5.58. The molecule has 0 rings (SSSR count). The molecule has 0 bridgehead atoms. The van der Waals surface area contributed by atoms with Gasteiger partial charge in [0.2, 0.25) is 0 Å². The Bertz CT molecular complexity index is 407. The van der Waals surface area contributed by atoms with E-state index >= 15 is 0 Å². The maximum Gasteiger partial charge on any atom is 0.460 e. The molecule has 0 aromatic carbocycles. The zero-order valence-electron chi connectivity index (χ0n) is 16.4. The maximum absolute atomic E-state index is 12.0. The molecule has 0 saturated carbocycles. The lowest BCUT2D eigenvalue weighted by Crippen LogP contribution is -2.59. The second kappa shape index (κ2) is 13.5. The fourth-order valence-electron chi connectivity index (χ4n) is 1.95. The zero-order valence-corrected chi connectivity index (χ0v) is 18.2. The Morgan fingerprint density at radius 1 is 0.552 bits per heavy atom. The highest BCUT2D eigenvalue weighted by Gasteiger charge is 2.84. The highest BCUT2D eigenvalue weighted by Crippen LogP contribution is 2.66. The van der Waals surface area contributed by atoms with Gasteiger partial charge in [0, 0.05) is 0 Å². The first-order chi connectivity index (χ1) is 13.0. The lowest BCUT2D eigenvalue weighted by Gasteiger charge is -2.32. The fraction of sp³-hybridized carbons (Fsp3) is 1.00. The van der Waals surface area contributed by atoms with E-state index in [2.05, 4.69) is 20.8 Å². The van der Waals surface area contributed by atoms with E-state index in [9.17, 15) is 47.9 Å². The third-order valence-electron chi connectivity index (χ3n) is 3.82. The van der Waals surface area contributed by atoms with Gasteiger partial charge in [-0.1, -0.05) is 40.0 Å². The van der Waals surface area contributed by atoms with Crippen LogP contribution in [0.2, 0.25) is 0 Å². The molecule has 0 fully saturated rings. The standard InChI is InChI=1S/C12H27P.C4F11P/c1-4-7-10-13(11-8-5-2)12-9-6-3;5-1(6,3(9,10)11)2(7,8)4(12,13)16(14)15/h4-12H2,1-3H3;. The van der Waals surface area contributed by atoms with Crippen molar-refractivity contribution in [2.75, 3.05) is 18.5 Å². The summed E-state index contributed by atoms with van der Waals surface area (Å²) in [5, 5.41) is 0. The summed E-state index contributed by atoms with van der Waals surface area (Å²) < 4.78 is 128. The summed E-state index contributed by atoms with van der Waals surface area (Å²) in [5.41, 5.74) is -6.73. The number of hydrogen-bond donors (Lipinski definition) is 0. The van der Waals surface area contributed by atoms with Gasteiger partial charge in [-0.05, 0) is 37.7 Å². The second-order valence-electron chi connectivity index (χ2n) is 6.32. The average Bonchev–Trinajstić information content (AvgIpc) is 2.60. The Hall–Kier alpha value is 0.0900. The molecule has 0 radical (unpaired) electrons. The van der Waals surface area contributed by atoms with Crippen LogP contribution >= 0.6 is 16.5 Å². The topological polar surface area (TPSA) is 0 Å². The quantitative estimate of drug-likeness (QED) is 0.189. The first kappa shape index (κ1) is 31.3. The summed E-state index contributed by atoms with van der Waals surface area (Å²) in [5.74, 6) is -14.5. The SMILES string of the molecule is CCCCP(CCCC)CCCC.FP(F)C(F)(F)C(F)(F)C(F)(F)C(F)(F)F. The van der Waals surface area contributed by atoms with Crippen molar-refractivity contribution in [2.24, 2.45) is 0 Å². The van der Waals surface area contributed by atoms with E-state index in [0.29, 0.717) is 7.92 Å². The van der Waals surface area contributed by atoms with Crippen LogP contribution in [-0.4, -0.2) is 42.2 Å². The van der Waals surface area contributed by atoms with E-state index in [4.69, 9.17) is 0 Å². The number of hydrogen-bond acceptors (Lipinski definition) is 0. The molecule has 0 atom stereocenters. The molecule has 0 nitrogen and oxygen atoms in total. The molecule has 13 heteroatoms. The van der Waals surface area contributed by atoms with E-state index < -0.39 is 32.2 Å². The van der Waals surface area contributed by atoms with E-state index in [1.54, 1.807) is 18.5 Å². The zero-order chi connectivity index (χ0) is 23.5. The molecule has 178 valence electrons. The monoisotopic (exact) mass is 490 g/mol. The van der Waals surface area contributed by atoms with Crippen LogP contribution in [0.4, 0.5) is 47.9 Å². The van der Waals surface area contributed by atoms with Crippen molar-refractivity contribution in [3.05, 3.63) is 0 Å². The van der Waals surface area contributed by atoms with Gasteiger partial charge < -0.3 is 0 Å². The van der Waals surface area contributed by atoms with Crippen LogP contribution in [0.5, 0.6) is 0 Å². The van der Waals surface area contributed by atoms with Gasteiger partial charge in [0.25, 0.3) is 0 Å². The fourth-order valence-corrected chi connectivity index (χ4v) is 5.27. The van der Waals surface area contributed by atoms with Gasteiger partial charge in [0.1, 0.15) is 0 Å². The van der Waals surface area contributed by atoms with Crippen molar-refractivity contribution in [2.45, 2.75) is 83.0 Å². The molecular formula is C16H27F11P2. The van der Waals surface area contributed by atoms with E-state index in [1.165, 1.54) is 38.5 Å². The smallest absolute Gasteiger partial charge is 0.192 e. The summed E-state index contributed by atoms with van der Waals surface area (Å²) in [6, 6.07) is 0. The van der Waals surface area contributed by atoms with E-state index in [1.807, 2.05) is 0 Å². The van der Waals surface area contributed by atoms with Crippen LogP contribution < -0.4 is 0 Å². The van der Waals surface area contributed by atoms with E-state index in [0.717, 1.165) is 0 Å².